The summed E-state index contributed by atoms with van der Waals surface area (Å²) in [6, 6.07) is 15.2. The van der Waals surface area contributed by atoms with Gasteiger partial charge in [-0.1, -0.05) is 24.3 Å². The number of hydrogen-bond acceptors (Lipinski definition) is 3. The highest BCUT2D eigenvalue weighted by Crippen LogP contribution is 2.22. The first kappa shape index (κ1) is 14.3. The van der Waals surface area contributed by atoms with Crippen molar-refractivity contribution in [1.29, 1.82) is 0 Å². The van der Waals surface area contributed by atoms with E-state index in [1.54, 1.807) is 11.3 Å². The molecule has 3 rings (SSSR count). The number of hydrogen-bond donors (Lipinski definition) is 2. The molecule has 0 bridgehead atoms. The predicted octanol–water partition coefficient (Wildman–Crippen LogP) is 3.43. The molecule has 0 saturated carbocycles. The number of anilines is 1. The first-order chi connectivity index (χ1) is 10.8. The summed E-state index contributed by atoms with van der Waals surface area (Å²) in [4.78, 5) is 12.9. The highest BCUT2D eigenvalue weighted by molar-refractivity contribution is 7.13. The molecule has 22 heavy (non-hydrogen) atoms. The van der Waals surface area contributed by atoms with Crippen LogP contribution in [0, 0.1) is 0 Å². The second kappa shape index (κ2) is 6.91. The van der Waals surface area contributed by atoms with Crippen LogP contribution in [-0.2, 0) is 6.54 Å². The first-order valence-electron chi connectivity index (χ1n) is 6.98. The molecule has 0 spiro atoms. The van der Waals surface area contributed by atoms with Gasteiger partial charge in [0.15, 0.2) is 0 Å². The Morgan fingerprint density at radius 2 is 2.00 bits per heavy atom. The van der Waals surface area contributed by atoms with E-state index in [-0.39, 0.29) is 6.03 Å². The van der Waals surface area contributed by atoms with Gasteiger partial charge in [0, 0.05) is 18.4 Å². The summed E-state index contributed by atoms with van der Waals surface area (Å²) in [5.41, 5.74) is 1.74. The van der Waals surface area contributed by atoms with Gasteiger partial charge in [-0.3, -0.25) is 4.68 Å². The second-order valence-electron chi connectivity index (χ2n) is 4.69. The van der Waals surface area contributed by atoms with Gasteiger partial charge in [-0.05, 0) is 29.6 Å². The minimum Gasteiger partial charge on any atom is -0.336 e. The number of nitrogens with one attached hydrogen (secondary N) is 2. The van der Waals surface area contributed by atoms with Crippen molar-refractivity contribution in [2.75, 3.05) is 11.9 Å². The Morgan fingerprint density at radius 1 is 1.14 bits per heavy atom. The SMILES string of the molecule is O=C(NCCn1ccc(-c2cccs2)n1)Nc1ccccc1. The van der Waals surface area contributed by atoms with Crippen molar-refractivity contribution in [3.63, 3.8) is 0 Å². The van der Waals surface area contributed by atoms with E-state index in [9.17, 15) is 4.79 Å². The molecule has 2 aromatic heterocycles. The van der Waals surface area contributed by atoms with E-state index in [2.05, 4.69) is 15.7 Å². The molecule has 1 aromatic carbocycles. The van der Waals surface area contributed by atoms with Crippen molar-refractivity contribution >= 4 is 23.1 Å². The fourth-order valence-corrected chi connectivity index (χ4v) is 2.71. The molecule has 0 unspecified atom stereocenters. The molecular weight excluding hydrogens is 296 g/mol. The zero-order valence-corrected chi connectivity index (χ0v) is 12.7. The molecule has 2 N–H and O–H groups in total. The van der Waals surface area contributed by atoms with Gasteiger partial charge in [-0.2, -0.15) is 5.10 Å². The van der Waals surface area contributed by atoms with Crippen LogP contribution < -0.4 is 10.6 Å². The maximum Gasteiger partial charge on any atom is 0.319 e. The first-order valence-corrected chi connectivity index (χ1v) is 7.86. The number of rotatable bonds is 5. The Morgan fingerprint density at radius 3 is 2.77 bits per heavy atom. The summed E-state index contributed by atoms with van der Waals surface area (Å²) >= 11 is 1.66. The standard InChI is InChI=1S/C16H16N4OS/c21-16(18-13-5-2-1-3-6-13)17-9-11-20-10-8-14(19-20)15-7-4-12-22-15/h1-8,10,12H,9,11H2,(H2,17,18,21). The lowest BCUT2D eigenvalue weighted by molar-refractivity contribution is 0.251. The van der Waals surface area contributed by atoms with Crippen molar-refractivity contribution in [1.82, 2.24) is 15.1 Å². The van der Waals surface area contributed by atoms with Gasteiger partial charge >= 0.3 is 6.03 Å². The minimum atomic E-state index is -0.211. The van der Waals surface area contributed by atoms with Crippen LogP contribution in [0.2, 0.25) is 0 Å². The molecule has 2 amide bonds. The summed E-state index contributed by atoms with van der Waals surface area (Å²) in [5, 5.41) is 12.1. The van der Waals surface area contributed by atoms with Crippen molar-refractivity contribution < 1.29 is 4.79 Å². The van der Waals surface area contributed by atoms with E-state index in [4.69, 9.17) is 0 Å². The van der Waals surface area contributed by atoms with Crippen LogP contribution in [0.4, 0.5) is 10.5 Å². The predicted molar refractivity (Wildman–Crippen MR) is 89.0 cm³/mol. The number of urea groups is 1. The molecule has 6 heteroatoms. The number of carbonyl (C=O) groups is 1. The average Bonchev–Trinajstić information content (AvgIpc) is 3.19. The van der Waals surface area contributed by atoms with Gasteiger partial charge in [0.1, 0.15) is 5.69 Å². The van der Waals surface area contributed by atoms with Crippen LogP contribution >= 0.6 is 11.3 Å². The summed E-state index contributed by atoms with van der Waals surface area (Å²) in [6.45, 7) is 1.15. The summed E-state index contributed by atoms with van der Waals surface area (Å²) in [5.74, 6) is 0. The van der Waals surface area contributed by atoms with Crippen LogP contribution in [0.5, 0.6) is 0 Å². The maximum atomic E-state index is 11.7. The van der Waals surface area contributed by atoms with Gasteiger partial charge in [0.25, 0.3) is 0 Å². The monoisotopic (exact) mass is 312 g/mol. The fraction of sp³-hybridized carbons (Fsp3) is 0.125. The van der Waals surface area contributed by atoms with Crippen LogP contribution in [0.25, 0.3) is 10.6 Å². The van der Waals surface area contributed by atoms with E-state index in [1.807, 2.05) is 64.8 Å². The summed E-state index contributed by atoms with van der Waals surface area (Å²) in [7, 11) is 0. The van der Waals surface area contributed by atoms with E-state index in [0.29, 0.717) is 13.1 Å². The Hall–Kier alpha value is -2.60. The third-order valence-corrected chi connectivity index (χ3v) is 3.96. The van der Waals surface area contributed by atoms with Crippen LogP contribution in [-0.4, -0.2) is 22.4 Å². The highest BCUT2D eigenvalue weighted by Gasteiger charge is 2.04. The molecule has 3 aromatic rings. The summed E-state index contributed by atoms with van der Waals surface area (Å²) < 4.78 is 1.83. The molecule has 2 heterocycles. The molecule has 0 atom stereocenters. The number of aromatic nitrogens is 2. The summed E-state index contributed by atoms with van der Waals surface area (Å²) in [6.07, 6.45) is 1.92. The lowest BCUT2D eigenvalue weighted by atomic mass is 10.3. The second-order valence-corrected chi connectivity index (χ2v) is 5.64. The Bertz CT molecular complexity index is 722. The molecule has 112 valence electrons. The Balaban J connectivity index is 1.46. The van der Waals surface area contributed by atoms with E-state index >= 15 is 0 Å². The lowest BCUT2D eigenvalue weighted by Crippen LogP contribution is -2.31. The molecule has 0 aliphatic rings. The van der Waals surface area contributed by atoms with E-state index in [0.717, 1.165) is 16.3 Å². The van der Waals surface area contributed by atoms with Gasteiger partial charge in [-0.15, -0.1) is 11.3 Å². The van der Waals surface area contributed by atoms with Gasteiger partial charge in [0.05, 0.1) is 11.4 Å². The average molecular weight is 312 g/mol. The number of nitrogens with zero attached hydrogens (tertiary/aromatic N) is 2. The van der Waals surface area contributed by atoms with Crippen molar-refractivity contribution in [2.45, 2.75) is 6.54 Å². The molecule has 5 nitrogen and oxygen atoms in total. The van der Waals surface area contributed by atoms with E-state index in [1.165, 1.54) is 0 Å². The van der Waals surface area contributed by atoms with Crippen molar-refractivity contribution in [2.24, 2.45) is 0 Å². The molecule has 0 aliphatic carbocycles. The smallest absolute Gasteiger partial charge is 0.319 e. The molecule has 0 aliphatic heterocycles. The number of para-hydroxylation sites is 1. The minimum absolute atomic E-state index is 0.211. The van der Waals surface area contributed by atoms with Crippen LogP contribution in [0.1, 0.15) is 0 Å². The molecule has 0 radical (unpaired) electrons. The highest BCUT2D eigenvalue weighted by atomic mass is 32.1. The Kier molecular flexibility index (Phi) is 4.50. The van der Waals surface area contributed by atoms with E-state index < -0.39 is 0 Å². The number of amides is 2. The fourth-order valence-electron chi connectivity index (χ4n) is 2.02. The molecule has 0 fully saturated rings. The Labute approximate surface area is 132 Å². The largest absolute Gasteiger partial charge is 0.336 e. The molecular formula is C16H16N4OS. The molecule has 0 saturated heterocycles. The van der Waals surface area contributed by atoms with Crippen LogP contribution in [0.15, 0.2) is 60.1 Å². The third-order valence-electron chi connectivity index (χ3n) is 3.07. The normalized spacial score (nSPS) is 10.4. The van der Waals surface area contributed by atoms with Crippen molar-refractivity contribution in [3.8, 4) is 10.6 Å². The quantitative estimate of drug-likeness (QED) is 0.758. The zero-order chi connectivity index (χ0) is 15.2. The van der Waals surface area contributed by atoms with Crippen LogP contribution in [0.3, 0.4) is 0 Å². The van der Waals surface area contributed by atoms with Gasteiger partial charge in [0.2, 0.25) is 0 Å². The topological polar surface area (TPSA) is 59.0 Å². The zero-order valence-electron chi connectivity index (χ0n) is 11.9. The van der Waals surface area contributed by atoms with Gasteiger partial charge < -0.3 is 10.6 Å². The maximum absolute atomic E-state index is 11.7. The number of thiophene rings is 1. The number of carbonyl (C=O) groups excluding carboxylic acids is 1. The lowest BCUT2D eigenvalue weighted by Gasteiger charge is -2.07. The number of benzene rings is 1. The third kappa shape index (κ3) is 3.73. The van der Waals surface area contributed by atoms with Crippen molar-refractivity contribution in [3.05, 3.63) is 60.1 Å². The van der Waals surface area contributed by atoms with Gasteiger partial charge in [-0.25, -0.2) is 4.79 Å².